The highest BCUT2D eigenvalue weighted by Gasteiger charge is 2.04. The first-order valence-electron chi connectivity index (χ1n) is 7.02. The van der Waals surface area contributed by atoms with Crippen molar-refractivity contribution in [1.29, 1.82) is 0 Å². The van der Waals surface area contributed by atoms with Crippen LogP contribution in [0.5, 0.6) is 5.75 Å². The number of hydrogen-bond acceptors (Lipinski definition) is 4. The summed E-state index contributed by atoms with van der Waals surface area (Å²) in [5.74, 6) is 0.772. The second-order valence-electron chi connectivity index (χ2n) is 5.04. The molecule has 3 rings (SSSR count). The minimum atomic E-state index is 0.483. The third-order valence-electron chi connectivity index (χ3n) is 3.41. The Hall–Kier alpha value is -2.88. The Morgan fingerprint density at radius 1 is 1.14 bits per heavy atom. The maximum Gasteiger partial charge on any atom is 0.119 e. The number of pyridine rings is 1. The van der Waals surface area contributed by atoms with Gasteiger partial charge in [-0.05, 0) is 48.9 Å². The summed E-state index contributed by atoms with van der Waals surface area (Å²) in [7, 11) is 0. The quantitative estimate of drug-likeness (QED) is 0.450. The molecule has 0 saturated carbocycles. The fraction of sp³-hybridized carbons (Fsp3) is 0.111. The minimum absolute atomic E-state index is 0.483. The van der Waals surface area contributed by atoms with E-state index in [1.807, 2.05) is 49.4 Å². The second-order valence-corrected chi connectivity index (χ2v) is 5.04. The number of aromatic nitrogens is 1. The average molecular weight is 292 g/mol. The smallest absolute Gasteiger partial charge is 0.119 e. The lowest BCUT2D eigenvalue weighted by atomic mass is 10.1. The van der Waals surface area contributed by atoms with E-state index in [9.17, 15) is 0 Å². The van der Waals surface area contributed by atoms with Crippen molar-refractivity contribution in [3.63, 3.8) is 0 Å². The summed E-state index contributed by atoms with van der Waals surface area (Å²) in [4.78, 5) is 4.53. The third kappa shape index (κ3) is 3.06. The summed E-state index contributed by atoms with van der Waals surface area (Å²) in [6, 6.07) is 17.5. The molecule has 0 bridgehead atoms. The molecule has 4 nitrogen and oxygen atoms in total. The summed E-state index contributed by atoms with van der Waals surface area (Å²) in [5.41, 5.74) is 3.89. The van der Waals surface area contributed by atoms with Crippen molar-refractivity contribution in [1.82, 2.24) is 4.98 Å². The van der Waals surface area contributed by atoms with Crippen molar-refractivity contribution >= 4 is 17.1 Å². The molecule has 0 fully saturated rings. The molecular formula is C18H16N2O2. The van der Waals surface area contributed by atoms with Crippen LogP contribution in [0.4, 0.5) is 0 Å². The van der Waals surface area contributed by atoms with Gasteiger partial charge in [0.15, 0.2) is 0 Å². The molecule has 0 aliphatic carbocycles. The Balaban J connectivity index is 1.81. The van der Waals surface area contributed by atoms with E-state index in [1.54, 1.807) is 0 Å². The van der Waals surface area contributed by atoms with Gasteiger partial charge in [-0.2, -0.15) is 0 Å². The van der Waals surface area contributed by atoms with Crippen LogP contribution < -0.4 is 4.74 Å². The fourth-order valence-corrected chi connectivity index (χ4v) is 2.39. The van der Waals surface area contributed by atoms with Gasteiger partial charge in [0.2, 0.25) is 0 Å². The number of oxime groups is 1. The van der Waals surface area contributed by atoms with Gasteiger partial charge in [-0.25, -0.2) is 0 Å². The molecule has 3 aromatic rings. The molecule has 1 N–H and O–H groups in total. The van der Waals surface area contributed by atoms with Crippen LogP contribution in [0.25, 0.3) is 10.9 Å². The predicted molar refractivity (Wildman–Crippen MR) is 86.6 cm³/mol. The Labute approximate surface area is 128 Å². The molecule has 1 heterocycles. The summed E-state index contributed by atoms with van der Waals surface area (Å²) < 4.78 is 5.85. The molecule has 1 aromatic heterocycles. The van der Waals surface area contributed by atoms with Gasteiger partial charge in [0.25, 0.3) is 0 Å². The molecule has 110 valence electrons. The van der Waals surface area contributed by atoms with Crippen molar-refractivity contribution in [2.45, 2.75) is 13.5 Å². The van der Waals surface area contributed by atoms with Gasteiger partial charge in [0.1, 0.15) is 12.4 Å². The topological polar surface area (TPSA) is 54.7 Å². The van der Waals surface area contributed by atoms with Crippen LogP contribution in [0.3, 0.4) is 0 Å². The summed E-state index contributed by atoms with van der Waals surface area (Å²) >= 11 is 0. The summed E-state index contributed by atoms with van der Waals surface area (Å²) in [6.45, 7) is 2.47. The fourth-order valence-electron chi connectivity index (χ4n) is 2.39. The van der Waals surface area contributed by atoms with Gasteiger partial charge < -0.3 is 9.94 Å². The Bertz CT molecular complexity index is 811. The number of para-hydroxylation sites is 1. The van der Waals surface area contributed by atoms with Crippen molar-refractivity contribution in [3.8, 4) is 5.75 Å². The maximum absolute atomic E-state index is 8.50. The van der Waals surface area contributed by atoms with Crippen molar-refractivity contribution in [2.24, 2.45) is 5.16 Å². The molecule has 0 aliphatic rings. The van der Waals surface area contributed by atoms with Crippen molar-refractivity contribution in [2.75, 3.05) is 0 Å². The average Bonchev–Trinajstić information content (AvgIpc) is 2.54. The van der Waals surface area contributed by atoms with Gasteiger partial charge in [-0.3, -0.25) is 4.98 Å². The van der Waals surface area contributed by atoms with Gasteiger partial charge in [-0.1, -0.05) is 23.4 Å². The van der Waals surface area contributed by atoms with Crippen molar-refractivity contribution < 1.29 is 9.94 Å². The molecule has 4 heteroatoms. The van der Waals surface area contributed by atoms with Gasteiger partial charge in [0, 0.05) is 16.6 Å². The van der Waals surface area contributed by atoms with Crippen LogP contribution in [-0.4, -0.2) is 16.4 Å². The van der Waals surface area contributed by atoms with Crippen LogP contribution in [0.1, 0.15) is 16.8 Å². The van der Waals surface area contributed by atoms with Crippen LogP contribution >= 0.6 is 0 Å². The lowest BCUT2D eigenvalue weighted by Gasteiger charge is -2.10. The summed E-state index contributed by atoms with van der Waals surface area (Å²) in [5, 5.41) is 12.6. The van der Waals surface area contributed by atoms with Crippen LogP contribution in [0.2, 0.25) is 0 Å². The van der Waals surface area contributed by atoms with E-state index < -0.39 is 0 Å². The van der Waals surface area contributed by atoms with Gasteiger partial charge in [-0.15, -0.1) is 0 Å². The van der Waals surface area contributed by atoms with E-state index in [1.165, 1.54) is 6.21 Å². The molecule has 0 atom stereocenters. The van der Waals surface area contributed by atoms with Crippen LogP contribution in [-0.2, 0) is 6.61 Å². The highest BCUT2D eigenvalue weighted by molar-refractivity contribution is 5.82. The van der Waals surface area contributed by atoms with E-state index >= 15 is 0 Å². The number of benzene rings is 2. The number of fused-ring (bicyclic) bond motifs is 1. The molecule has 0 aliphatic heterocycles. The summed E-state index contributed by atoms with van der Waals surface area (Å²) in [6.07, 6.45) is 1.38. The normalized spacial score (nSPS) is 11.1. The lowest BCUT2D eigenvalue weighted by Crippen LogP contribution is -1.99. The third-order valence-corrected chi connectivity index (χ3v) is 3.41. The van der Waals surface area contributed by atoms with Crippen molar-refractivity contribution in [3.05, 3.63) is 71.4 Å². The number of hydrogen-bond donors (Lipinski definition) is 1. The predicted octanol–water partition coefficient (Wildman–Crippen LogP) is 3.93. The zero-order chi connectivity index (χ0) is 15.4. The maximum atomic E-state index is 8.50. The minimum Gasteiger partial charge on any atom is -0.489 e. The highest BCUT2D eigenvalue weighted by Crippen LogP contribution is 2.20. The number of aryl methyl sites for hydroxylation is 1. The van der Waals surface area contributed by atoms with E-state index in [2.05, 4.69) is 22.3 Å². The Morgan fingerprint density at radius 3 is 2.68 bits per heavy atom. The largest absolute Gasteiger partial charge is 0.489 e. The Kier molecular flexibility index (Phi) is 4.01. The van der Waals surface area contributed by atoms with E-state index in [4.69, 9.17) is 9.94 Å². The van der Waals surface area contributed by atoms with E-state index in [0.29, 0.717) is 6.61 Å². The van der Waals surface area contributed by atoms with Crippen LogP contribution in [0, 0.1) is 6.92 Å². The first-order valence-corrected chi connectivity index (χ1v) is 7.02. The number of ether oxygens (including phenoxy) is 1. The molecule has 0 radical (unpaired) electrons. The molecule has 2 aromatic carbocycles. The molecule has 0 saturated heterocycles. The SMILES string of the molecule is Cc1cc(COc2ccc(/C=N/O)cc2)c2ccccc2n1. The molecule has 22 heavy (non-hydrogen) atoms. The standard InChI is InChI=1S/C18H16N2O2/c1-13-10-15(17-4-2-3-5-18(17)20-13)12-22-16-8-6-14(7-9-16)11-19-21/h2-11,21H,12H2,1H3/b19-11+. The number of rotatable bonds is 4. The first-order chi connectivity index (χ1) is 10.8. The van der Waals surface area contributed by atoms with Gasteiger partial charge >= 0.3 is 0 Å². The first kappa shape index (κ1) is 14.1. The second kappa shape index (κ2) is 6.26. The van der Waals surface area contributed by atoms with Gasteiger partial charge in [0.05, 0.1) is 11.7 Å². The molecule has 0 unspecified atom stereocenters. The zero-order valence-corrected chi connectivity index (χ0v) is 12.2. The molecular weight excluding hydrogens is 276 g/mol. The molecule has 0 amide bonds. The number of nitrogens with zero attached hydrogens (tertiary/aromatic N) is 2. The molecule has 0 spiro atoms. The monoisotopic (exact) mass is 292 g/mol. The van der Waals surface area contributed by atoms with Crippen LogP contribution in [0.15, 0.2) is 59.8 Å². The van der Waals surface area contributed by atoms with E-state index in [0.717, 1.165) is 33.5 Å². The Morgan fingerprint density at radius 2 is 1.91 bits per heavy atom. The lowest BCUT2D eigenvalue weighted by molar-refractivity contribution is 0.307. The highest BCUT2D eigenvalue weighted by atomic mass is 16.5. The zero-order valence-electron chi connectivity index (χ0n) is 12.2. The van der Waals surface area contributed by atoms with E-state index in [-0.39, 0.29) is 0 Å².